The van der Waals surface area contributed by atoms with Gasteiger partial charge in [0.1, 0.15) is 10.9 Å². The Morgan fingerprint density at radius 2 is 2.13 bits per heavy atom. The van der Waals surface area contributed by atoms with Gasteiger partial charge in [-0.1, -0.05) is 31.9 Å². The second-order valence-electron chi connectivity index (χ2n) is 3.65. The van der Waals surface area contributed by atoms with Crippen molar-refractivity contribution in [1.82, 2.24) is 4.98 Å². The van der Waals surface area contributed by atoms with E-state index < -0.39 is 0 Å². The van der Waals surface area contributed by atoms with Gasteiger partial charge < -0.3 is 4.74 Å². The highest BCUT2D eigenvalue weighted by atomic mass is 35.5. The van der Waals surface area contributed by atoms with Gasteiger partial charge >= 0.3 is 0 Å². The lowest BCUT2D eigenvalue weighted by Crippen LogP contribution is -2.01. The summed E-state index contributed by atoms with van der Waals surface area (Å²) in [5, 5.41) is 0.513. The molecule has 0 saturated heterocycles. The van der Waals surface area contributed by atoms with Crippen LogP contribution in [0.3, 0.4) is 0 Å². The first-order valence-corrected chi connectivity index (χ1v) is 5.80. The van der Waals surface area contributed by atoms with Gasteiger partial charge in [0, 0.05) is 23.7 Å². The molecule has 1 heterocycles. The molecule has 0 aliphatic rings. The minimum absolute atomic E-state index is 0.489. The summed E-state index contributed by atoms with van der Waals surface area (Å²) >= 11 is 5.94. The average molecular weight is 228 g/mol. The SMILES string of the molecule is CCCC(CC)c1cc(OC)cc(Cl)n1. The van der Waals surface area contributed by atoms with Crippen molar-refractivity contribution in [3.63, 3.8) is 0 Å². The Hall–Kier alpha value is -0.760. The van der Waals surface area contributed by atoms with Gasteiger partial charge in [-0.25, -0.2) is 4.98 Å². The number of pyridine rings is 1. The average Bonchev–Trinajstić information content (AvgIpc) is 2.24. The monoisotopic (exact) mass is 227 g/mol. The molecular weight excluding hydrogens is 210 g/mol. The van der Waals surface area contributed by atoms with Gasteiger partial charge in [-0.2, -0.15) is 0 Å². The van der Waals surface area contributed by atoms with Crippen LogP contribution in [-0.2, 0) is 0 Å². The number of rotatable bonds is 5. The van der Waals surface area contributed by atoms with Crippen LogP contribution in [0.5, 0.6) is 5.75 Å². The van der Waals surface area contributed by atoms with Gasteiger partial charge in [0.25, 0.3) is 0 Å². The maximum absolute atomic E-state index is 5.94. The minimum Gasteiger partial charge on any atom is -0.497 e. The van der Waals surface area contributed by atoms with E-state index >= 15 is 0 Å². The van der Waals surface area contributed by atoms with Crippen molar-refractivity contribution in [1.29, 1.82) is 0 Å². The molecular formula is C12H18ClNO. The molecule has 0 N–H and O–H groups in total. The lowest BCUT2D eigenvalue weighted by molar-refractivity contribution is 0.412. The van der Waals surface area contributed by atoms with Gasteiger partial charge in [-0.15, -0.1) is 0 Å². The first-order chi connectivity index (χ1) is 7.21. The minimum atomic E-state index is 0.489. The quantitative estimate of drug-likeness (QED) is 0.709. The molecule has 0 saturated carbocycles. The molecule has 15 heavy (non-hydrogen) atoms. The molecule has 0 aromatic carbocycles. The molecule has 1 aromatic rings. The fourth-order valence-electron chi connectivity index (χ4n) is 1.73. The highest BCUT2D eigenvalue weighted by molar-refractivity contribution is 6.29. The molecule has 0 aliphatic carbocycles. The third kappa shape index (κ3) is 3.38. The summed E-state index contributed by atoms with van der Waals surface area (Å²) in [6, 6.07) is 3.72. The summed E-state index contributed by atoms with van der Waals surface area (Å²) < 4.78 is 5.18. The normalized spacial score (nSPS) is 12.5. The van der Waals surface area contributed by atoms with Crippen molar-refractivity contribution in [3.8, 4) is 5.75 Å². The lowest BCUT2D eigenvalue weighted by Gasteiger charge is -2.14. The van der Waals surface area contributed by atoms with Crippen LogP contribution < -0.4 is 4.74 Å². The van der Waals surface area contributed by atoms with Crippen LogP contribution in [0.15, 0.2) is 12.1 Å². The molecule has 84 valence electrons. The zero-order valence-corrected chi connectivity index (χ0v) is 10.3. The lowest BCUT2D eigenvalue weighted by atomic mass is 9.96. The second kappa shape index (κ2) is 5.96. The van der Waals surface area contributed by atoms with Gasteiger partial charge in [-0.3, -0.25) is 0 Å². The molecule has 1 aromatic heterocycles. The first-order valence-electron chi connectivity index (χ1n) is 5.42. The summed E-state index contributed by atoms with van der Waals surface area (Å²) in [7, 11) is 1.65. The van der Waals surface area contributed by atoms with Crippen molar-refractivity contribution in [2.45, 2.75) is 39.0 Å². The van der Waals surface area contributed by atoms with Crippen LogP contribution in [0.4, 0.5) is 0 Å². The molecule has 0 spiro atoms. The fourth-order valence-corrected chi connectivity index (χ4v) is 1.93. The molecule has 0 aliphatic heterocycles. The number of aromatic nitrogens is 1. The molecule has 3 heteroatoms. The maximum Gasteiger partial charge on any atom is 0.133 e. The van der Waals surface area contributed by atoms with Crippen LogP contribution in [0.1, 0.15) is 44.7 Å². The van der Waals surface area contributed by atoms with Crippen molar-refractivity contribution < 1.29 is 4.74 Å². The topological polar surface area (TPSA) is 22.1 Å². The Bertz CT molecular complexity index is 314. The van der Waals surface area contributed by atoms with Crippen LogP contribution in [0.25, 0.3) is 0 Å². The summed E-state index contributed by atoms with van der Waals surface area (Å²) in [5.41, 5.74) is 1.05. The molecule has 0 fully saturated rings. The Kier molecular flexibility index (Phi) is 4.89. The number of methoxy groups -OCH3 is 1. The van der Waals surface area contributed by atoms with Crippen molar-refractivity contribution >= 4 is 11.6 Å². The fraction of sp³-hybridized carbons (Fsp3) is 0.583. The van der Waals surface area contributed by atoms with Crippen molar-refractivity contribution in [2.24, 2.45) is 0 Å². The van der Waals surface area contributed by atoms with Gasteiger partial charge in [0.15, 0.2) is 0 Å². The standard InChI is InChI=1S/C12H18ClNO/c1-4-6-9(5-2)11-7-10(15-3)8-12(13)14-11/h7-9H,4-6H2,1-3H3. The third-order valence-corrected chi connectivity index (χ3v) is 2.76. The van der Waals surface area contributed by atoms with Crippen LogP contribution in [0.2, 0.25) is 5.15 Å². The van der Waals surface area contributed by atoms with E-state index in [1.807, 2.05) is 6.07 Å². The number of hydrogen-bond acceptors (Lipinski definition) is 2. The third-order valence-electron chi connectivity index (χ3n) is 2.57. The second-order valence-corrected chi connectivity index (χ2v) is 4.04. The number of hydrogen-bond donors (Lipinski definition) is 0. The summed E-state index contributed by atoms with van der Waals surface area (Å²) in [4.78, 5) is 4.36. The molecule has 1 unspecified atom stereocenters. The molecule has 2 nitrogen and oxygen atoms in total. The molecule has 1 atom stereocenters. The number of nitrogens with zero attached hydrogens (tertiary/aromatic N) is 1. The largest absolute Gasteiger partial charge is 0.497 e. The summed E-state index contributed by atoms with van der Waals surface area (Å²) in [6.07, 6.45) is 3.40. The predicted octanol–water partition coefficient (Wildman–Crippen LogP) is 4.04. The van der Waals surface area contributed by atoms with Crippen LogP contribution in [0, 0.1) is 0 Å². The van der Waals surface area contributed by atoms with Gasteiger partial charge in [0.05, 0.1) is 7.11 Å². The first kappa shape index (κ1) is 12.3. The molecule has 1 rings (SSSR count). The summed E-state index contributed by atoms with van der Waals surface area (Å²) in [5.74, 6) is 1.28. The van der Waals surface area contributed by atoms with E-state index in [0.29, 0.717) is 11.1 Å². The summed E-state index contributed by atoms with van der Waals surface area (Å²) in [6.45, 7) is 4.36. The Morgan fingerprint density at radius 3 is 2.67 bits per heavy atom. The van der Waals surface area contributed by atoms with Crippen LogP contribution in [-0.4, -0.2) is 12.1 Å². The predicted molar refractivity (Wildman–Crippen MR) is 63.7 cm³/mol. The van der Waals surface area contributed by atoms with E-state index in [-0.39, 0.29) is 0 Å². The number of ether oxygens (including phenoxy) is 1. The Balaban J connectivity index is 2.95. The Labute approximate surface area is 96.6 Å². The highest BCUT2D eigenvalue weighted by Gasteiger charge is 2.12. The van der Waals surface area contributed by atoms with E-state index in [1.54, 1.807) is 13.2 Å². The smallest absolute Gasteiger partial charge is 0.133 e. The molecule has 0 amide bonds. The van der Waals surface area contributed by atoms with E-state index in [0.717, 1.165) is 30.7 Å². The van der Waals surface area contributed by atoms with Crippen molar-refractivity contribution in [2.75, 3.05) is 7.11 Å². The van der Waals surface area contributed by atoms with Gasteiger partial charge in [-0.05, 0) is 12.8 Å². The molecule has 0 bridgehead atoms. The Morgan fingerprint density at radius 1 is 1.40 bits per heavy atom. The maximum atomic E-state index is 5.94. The molecule has 0 radical (unpaired) electrons. The van der Waals surface area contributed by atoms with Gasteiger partial charge in [0.2, 0.25) is 0 Å². The van der Waals surface area contributed by atoms with E-state index in [9.17, 15) is 0 Å². The van der Waals surface area contributed by atoms with Crippen LogP contribution >= 0.6 is 11.6 Å². The van der Waals surface area contributed by atoms with Crippen molar-refractivity contribution in [3.05, 3.63) is 23.0 Å². The van der Waals surface area contributed by atoms with E-state index in [4.69, 9.17) is 16.3 Å². The number of halogens is 1. The zero-order chi connectivity index (χ0) is 11.3. The van der Waals surface area contributed by atoms with E-state index in [1.165, 1.54) is 0 Å². The van der Waals surface area contributed by atoms with E-state index in [2.05, 4.69) is 18.8 Å². The zero-order valence-electron chi connectivity index (χ0n) is 9.59. The highest BCUT2D eigenvalue weighted by Crippen LogP contribution is 2.27.